The number of imidazole rings is 1. The van der Waals surface area contributed by atoms with Gasteiger partial charge in [0, 0.05) is 50.1 Å². The van der Waals surface area contributed by atoms with Gasteiger partial charge in [-0.25, -0.2) is 15.0 Å². The maximum absolute atomic E-state index is 12.5. The molecule has 3 aromatic heterocycles. The Kier molecular flexibility index (Phi) is 6.43. The van der Waals surface area contributed by atoms with Crippen molar-refractivity contribution in [2.45, 2.75) is 25.7 Å². The Morgan fingerprint density at radius 3 is 2.71 bits per heavy atom. The van der Waals surface area contributed by atoms with E-state index in [1.165, 1.54) is 0 Å². The van der Waals surface area contributed by atoms with Gasteiger partial charge in [0.25, 0.3) is 0 Å². The Balaban J connectivity index is 1.51. The quantitative estimate of drug-likeness (QED) is 0.405. The molecule has 5 rings (SSSR count). The third kappa shape index (κ3) is 4.59. The number of hydrogen-bond acceptors (Lipinski definition) is 6. The molecule has 1 unspecified atom stereocenters. The molecule has 0 spiro atoms. The number of carbonyl (C=O) groups is 1. The third-order valence-electron chi connectivity index (χ3n) is 6.21. The van der Waals surface area contributed by atoms with Gasteiger partial charge < -0.3 is 15.0 Å². The van der Waals surface area contributed by atoms with Gasteiger partial charge in [0.15, 0.2) is 0 Å². The summed E-state index contributed by atoms with van der Waals surface area (Å²) in [5.74, 6) is 2.97. The van der Waals surface area contributed by atoms with Gasteiger partial charge in [0.2, 0.25) is 17.7 Å². The Bertz CT molecular complexity index is 1350. The minimum absolute atomic E-state index is 0.0574. The lowest BCUT2D eigenvalue weighted by Crippen LogP contribution is -2.38. The van der Waals surface area contributed by atoms with Gasteiger partial charge in [-0.1, -0.05) is 12.1 Å². The van der Waals surface area contributed by atoms with Gasteiger partial charge in [-0.3, -0.25) is 9.20 Å². The molecule has 4 aromatic rings. The van der Waals surface area contributed by atoms with Gasteiger partial charge in [0.05, 0.1) is 11.2 Å². The van der Waals surface area contributed by atoms with Crippen molar-refractivity contribution in [1.29, 1.82) is 0 Å². The van der Waals surface area contributed by atoms with Crippen molar-refractivity contribution in [3.8, 4) is 23.0 Å². The van der Waals surface area contributed by atoms with E-state index in [0.717, 1.165) is 42.0 Å². The number of hydrogen-bond donors (Lipinski definition) is 1. The number of fused-ring (bicyclic) bond motifs is 1. The van der Waals surface area contributed by atoms with E-state index in [-0.39, 0.29) is 11.8 Å². The smallest absolute Gasteiger partial charge is 0.246 e. The number of aromatic nitrogens is 4. The summed E-state index contributed by atoms with van der Waals surface area (Å²) in [6.45, 7) is 3.30. The number of anilines is 1. The van der Waals surface area contributed by atoms with Gasteiger partial charge in [0.1, 0.15) is 11.6 Å². The van der Waals surface area contributed by atoms with Crippen molar-refractivity contribution in [2.75, 3.05) is 25.5 Å². The summed E-state index contributed by atoms with van der Waals surface area (Å²) in [5, 5.41) is 3.19. The Morgan fingerprint density at radius 1 is 1.11 bits per heavy atom. The molecule has 0 aliphatic carbocycles. The van der Waals surface area contributed by atoms with Crippen molar-refractivity contribution < 1.29 is 9.53 Å². The molecular weight excluding hydrogens is 440 g/mol. The van der Waals surface area contributed by atoms with Crippen molar-refractivity contribution in [1.82, 2.24) is 24.3 Å². The molecule has 4 heterocycles. The highest BCUT2D eigenvalue weighted by atomic mass is 16.5. The van der Waals surface area contributed by atoms with Gasteiger partial charge in [-0.05, 0) is 62.2 Å². The second kappa shape index (κ2) is 9.97. The van der Waals surface area contributed by atoms with Gasteiger partial charge >= 0.3 is 0 Å². The zero-order valence-corrected chi connectivity index (χ0v) is 19.9. The zero-order valence-electron chi connectivity index (χ0n) is 19.9. The van der Waals surface area contributed by atoms with Crippen LogP contribution < -0.4 is 10.1 Å². The fourth-order valence-electron chi connectivity index (χ4n) is 4.58. The summed E-state index contributed by atoms with van der Waals surface area (Å²) in [4.78, 5) is 28.3. The highest BCUT2D eigenvalue weighted by Gasteiger charge is 2.28. The van der Waals surface area contributed by atoms with E-state index in [2.05, 4.69) is 19.7 Å². The number of likely N-dealkylation sites (tertiary alicyclic amines) is 1. The zero-order chi connectivity index (χ0) is 24.2. The number of amides is 1. The molecule has 178 valence electrons. The number of nitrogens with zero attached hydrogens (tertiary/aromatic N) is 5. The SMILES string of the molecule is C/C=C/C(=O)N1CCCC(c2nc(-c3ccc(Oc4ccccn4)cc3)n3c(NC)nccc23)C1. The summed E-state index contributed by atoms with van der Waals surface area (Å²) in [7, 11) is 1.85. The predicted octanol–water partition coefficient (Wildman–Crippen LogP) is 4.91. The summed E-state index contributed by atoms with van der Waals surface area (Å²) in [6.07, 6.45) is 8.86. The third-order valence-corrected chi connectivity index (χ3v) is 6.21. The molecule has 1 saturated heterocycles. The van der Waals surface area contributed by atoms with E-state index < -0.39 is 0 Å². The van der Waals surface area contributed by atoms with Crippen LogP contribution in [0.3, 0.4) is 0 Å². The molecule has 1 aliphatic heterocycles. The molecule has 1 fully saturated rings. The van der Waals surface area contributed by atoms with Crippen LogP contribution >= 0.6 is 0 Å². The van der Waals surface area contributed by atoms with Crippen LogP contribution in [0.2, 0.25) is 0 Å². The fourth-order valence-corrected chi connectivity index (χ4v) is 4.58. The van der Waals surface area contributed by atoms with E-state index >= 15 is 0 Å². The topological polar surface area (TPSA) is 84.7 Å². The molecule has 1 aromatic carbocycles. The lowest BCUT2D eigenvalue weighted by atomic mass is 9.94. The maximum atomic E-state index is 12.5. The highest BCUT2D eigenvalue weighted by molar-refractivity contribution is 5.87. The predicted molar refractivity (Wildman–Crippen MR) is 136 cm³/mol. The lowest BCUT2D eigenvalue weighted by molar-refractivity contribution is -0.127. The second-order valence-corrected chi connectivity index (χ2v) is 8.48. The van der Waals surface area contributed by atoms with Crippen LogP contribution in [0.5, 0.6) is 11.6 Å². The largest absolute Gasteiger partial charge is 0.439 e. The average molecular weight is 469 g/mol. The summed E-state index contributed by atoms with van der Waals surface area (Å²) >= 11 is 0. The van der Waals surface area contributed by atoms with Crippen molar-refractivity contribution >= 4 is 17.4 Å². The first-order valence-corrected chi connectivity index (χ1v) is 11.8. The number of rotatable bonds is 6. The Hall–Kier alpha value is -4.20. The van der Waals surface area contributed by atoms with Crippen LogP contribution in [0.15, 0.2) is 73.1 Å². The maximum Gasteiger partial charge on any atom is 0.246 e. The van der Waals surface area contributed by atoms with Crippen LogP contribution in [0.1, 0.15) is 31.4 Å². The molecule has 1 N–H and O–H groups in total. The number of piperidine rings is 1. The first-order valence-electron chi connectivity index (χ1n) is 11.8. The number of nitrogens with one attached hydrogen (secondary N) is 1. The molecule has 1 aliphatic rings. The van der Waals surface area contributed by atoms with Crippen LogP contribution in [-0.4, -0.2) is 50.3 Å². The average Bonchev–Trinajstić information content (AvgIpc) is 3.30. The molecule has 1 atom stereocenters. The minimum Gasteiger partial charge on any atom is -0.439 e. The summed E-state index contributed by atoms with van der Waals surface area (Å²) < 4.78 is 7.90. The Labute approximate surface area is 204 Å². The molecule has 8 heteroatoms. The van der Waals surface area contributed by atoms with Crippen molar-refractivity contribution in [3.05, 3.63) is 78.8 Å². The summed E-state index contributed by atoms with van der Waals surface area (Å²) in [6, 6.07) is 15.4. The van der Waals surface area contributed by atoms with E-state index in [4.69, 9.17) is 9.72 Å². The van der Waals surface area contributed by atoms with Crippen molar-refractivity contribution in [2.24, 2.45) is 0 Å². The lowest BCUT2D eigenvalue weighted by Gasteiger charge is -2.31. The monoisotopic (exact) mass is 468 g/mol. The minimum atomic E-state index is 0.0574. The number of allylic oxidation sites excluding steroid dienone is 1. The number of ether oxygens (including phenoxy) is 1. The van der Waals surface area contributed by atoms with Gasteiger partial charge in [-0.15, -0.1) is 0 Å². The van der Waals surface area contributed by atoms with E-state index in [1.807, 2.05) is 67.4 Å². The van der Waals surface area contributed by atoms with Crippen molar-refractivity contribution in [3.63, 3.8) is 0 Å². The van der Waals surface area contributed by atoms with E-state index in [9.17, 15) is 4.79 Å². The second-order valence-electron chi connectivity index (χ2n) is 8.48. The molecule has 1 amide bonds. The van der Waals surface area contributed by atoms with Crippen LogP contribution in [0.25, 0.3) is 16.9 Å². The van der Waals surface area contributed by atoms with Gasteiger partial charge in [-0.2, -0.15) is 0 Å². The van der Waals surface area contributed by atoms with E-state index in [1.54, 1.807) is 24.5 Å². The normalized spacial score (nSPS) is 16.1. The molecule has 0 saturated carbocycles. The first-order chi connectivity index (χ1) is 17.2. The highest BCUT2D eigenvalue weighted by Crippen LogP contribution is 2.34. The molecule has 35 heavy (non-hydrogen) atoms. The fraction of sp³-hybridized carbons (Fsp3) is 0.259. The molecule has 8 nitrogen and oxygen atoms in total. The Morgan fingerprint density at radius 2 is 1.97 bits per heavy atom. The first kappa shape index (κ1) is 22.6. The molecule has 0 bridgehead atoms. The van der Waals surface area contributed by atoms with Crippen LogP contribution in [0, 0.1) is 0 Å². The van der Waals surface area contributed by atoms with E-state index in [0.29, 0.717) is 24.1 Å². The number of carbonyl (C=O) groups excluding carboxylic acids is 1. The number of benzene rings is 1. The van der Waals surface area contributed by atoms with Crippen LogP contribution in [-0.2, 0) is 4.79 Å². The standard InChI is InChI=1S/C27H28N6O2/c1-3-7-24(34)32-17-6-8-20(18-32)25-22-14-16-30-27(28-2)33(22)26(31-25)19-10-12-21(13-11-19)35-23-9-4-5-15-29-23/h3-5,7,9-16,20H,6,8,17-18H2,1-2H3,(H,28,30)/b7-3+. The summed E-state index contributed by atoms with van der Waals surface area (Å²) in [5.41, 5.74) is 2.94. The molecule has 0 radical (unpaired) electrons. The van der Waals surface area contributed by atoms with Crippen LogP contribution in [0.4, 0.5) is 5.95 Å². The number of pyridine rings is 1. The molecular formula is C27H28N6O2.